The molecule has 0 aromatic heterocycles. The van der Waals surface area contributed by atoms with Crippen LogP contribution in [-0.4, -0.2) is 14.3 Å². The number of benzene rings is 1. The summed E-state index contributed by atoms with van der Waals surface area (Å²) in [5.74, 6) is 0.0727. The first-order valence-electron chi connectivity index (χ1n) is 6.96. The molecule has 0 radical (unpaired) electrons. The van der Waals surface area contributed by atoms with E-state index in [1.165, 1.54) is 12.1 Å². The minimum Gasteiger partial charge on any atom is -0.349 e. The van der Waals surface area contributed by atoms with Crippen molar-refractivity contribution in [2.75, 3.05) is 0 Å². The molecule has 2 rings (SSSR count). The molecule has 1 amide bonds. The first kappa shape index (κ1) is 15.7. The van der Waals surface area contributed by atoms with Gasteiger partial charge in [-0.15, -0.1) is 0 Å². The number of nitrogens with one attached hydrogen (secondary N) is 1. The van der Waals surface area contributed by atoms with Crippen molar-refractivity contribution in [3.05, 3.63) is 42.0 Å². The second kappa shape index (κ2) is 6.41. The zero-order valence-corrected chi connectivity index (χ0v) is 12.8. The summed E-state index contributed by atoms with van der Waals surface area (Å²) in [6.07, 6.45) is 6.73. The first-order chi connectivity index (χ1) is 9.88. The van der Waals surface area contributed by atoms with Crippen LogP contribution < -0.4 is 10.5 Å². The van der Waals surface area contributed by atoms with Crippen LogP contribution in [0.5, 0.6) is 0 Å². The predicted molar refractivity (Wildman–Crippen MR) is 80.9 cm³/mol. The molecule has 0 saturated heterocycles. The lowest BCUT2D eigenvalue weighted by Gasteiger charge is -2.21. The summed E-state index contributed by atoms with van der Waals surface area (Å²) in [5, 5.41) is 8.03. The second-order valence-electron chi connectivity index (χ2n) is 5.33. The molecule has 0 fully saturated rings. The predicted octanol–water partition coefficient (Wildman–Crippen LogP) is 1.87. The molecular formula is C15H20N2O3S. The van der Waals surface area contributed by atoms with Crippen LogP contribution in [0.1, 0.15) is 37.8 Å². The van der Waals surface area contributed by atoms with Crippen LogP contribution in [0.4, 0.5) is 0 Å². The Labute approximate surface area is 125 Å². The van der Waals surface area contributed by atoms with Gasteiger partial charge in [0, 0.05) is 5.92 Å². The third-order valence-corrected chi connectivity index (χ3v) is 4.64. The quantitative estimate of drug-likeness (QED) is 0.832. The molecule has 0 aliphatic heterocycles. The molecule has 0 saturated carbocycles. The number of hydrogen-bond donors (Lipinski definition) is 2. The summed E-state index contributed by atoms with van der Waals surface area (Å²) in [7, 11) is -3.68. The third kappa shape index (κ3) is 4.15. The second-order valence-corrected chi connectivity index (χ2v) is 6.89. The SMILES string of the molecule is C[C@H](NC(=O)[C@@H]1CC=CCC1)c1ccc(S(N)(=O)=O)cc1. The highest BCUT2D eigenvalue weighted by molar-refractivity contribution is 7.89. The Kier molecular flexibility index (Phi) is 4.80. The van der Waals surface area contributed by atoms with Gasteiger partial charge in [0.25, 0.3) is 0 Å². The van der Waals surface area contributed by atoms with Gasteiger partial charge in [-0.3, -0.25) is 4.79 Å². The molecule has 5 nitrogen and oxygen atoms in total. The minimum absolute atomic E-state index is 0.0288. The highest BCUT2D eigenvalue weighted by Crippen LogP contribution is 2.21. The van der Waals surface area contributed by atoms with Crippen molar-refractivity contribution < 1.29 is 13.2 Å². The molecule has 1 aliphatic carbocycles. The standard InChI is InChI=1S/C15H20N2O3S/c1-11(17-15(18)13-5-3-2-4-6-13)12-7-9-14(10-8-12)21(16,19)20/h2-3,7-11,13H,4-6H2,1H3,(H,17,18)(H2,16,19,20)/t11-,13+/m0/s1. The summed E-state index contributed by atoms with van der Waals surface area (Å²) >= 11 is 0. The Morgan fingerprint density at radius 3 is 2.48 bits per heavy atom. The molecule has 0 bridgehead atoms. The molecule has 21 heavy (non-hydrogen) atoms. The van der Waals surface area contributed by atoms with E-state index < -0.39 is 10.0 Å². The van der Waals surface area contributed by atoms with Crippen LogP contribution in [0.15, 0.2) is 41.3 Å². The van der Waals surface area contributed by atoms with E-state index in [0.717, 1.165) is 24.8 Å². The van der Waals surface area contributed by atoms with Crippen LogP contribution >= 0.6 is 0 Å². The molecule has 1 aromatic rings. The maximum Gasteiger partial charge on any atom is 0.238 e. The van der Waals surface area contributed by atoms with Crippen molar-refractivity contribution >= 4 is 15.9 Å². The Morgan fingerprint density at radius 2 is 1.95 bits per heavy atom. The lowest BCUT2D eigenvalue weighted by molar-refractivity contribution is -0.125. The number of rotatable bonds is 4. The monoisotopic (exact) mass is 308 g/mol. The van der Waals surface area contributed by atoms with E-state index in [2.05, 4.69) is 11.4 Å². The van der Waals surface area contributed by atoms with E-state index >= 15 is 0 Å². The maximum absolute atomic E-state index is 12.1. The first-order valence-corrected chi connectivity index (χ1v) is 8.50. The Balaban J connectivity index is 2.01. The van der Waals surface area contributed by atoms with Crippen molar-refractivity contribution in [3.8, 4) is 0 Å². The largest absolute Gasteiger partial charge is 0.349 e. The van der Waals surface area contributed by atoms with Crippen molar-refractivity contribution in [3.63, 3.8) is 0 Å². The highest BCUT2D eigenvalue weighted by Gasteiger charge is 2.20. The van der Waals surface area contributed by atoms with Gasteiger partial charge in [0.2, 0.25) is 15.9 Å². The van der Waals surface area contributed by atoms with Gasteiger partial charge in [0.15, 0.2) is 0 Å². The number of allylic oxidation sites excluding steroid dienone is 2. The Morgan fingerprint density at radius 1 is 1.29 bits per heavy atom. The van der Waals surface area contributed by atoms with Gasteiger partial charge in [-0.2, -0.15) is 0 Å². The summed E-state index contributed by atoms with van der Waals surface area (Å²) in [4.78, 5) is 12.2. The average Bonchev–Trinajstić information content (AvgIpc) is 2.47. The number of amides is 1. The fourth-order valence-corrected chi connectivity index (χ4v) is 2.91. The van der Waals surface area contributed by atoms with E-state index in [4.69, 9.17) is 5.14 Å². The number of carbonyl (C=O) groups excluding carboxylic acids is 1. The van der Waals surface area contributed by atoms with Crippen LogP contribution in [-0.2, 0) is 14.8 Å². The molecule has 1 aliphatic rings. The Bertz CT molecular complexity index is 635. The molecule has 2 atom stereocenters. The van der Waals surface area contributed by atoms with Crippen LogP contribution in [0.25, 0.3) is 0 Å². The molecule has 1 aromatic carbocycles. The van der Waals surface area contributed by atoms with Gasteiger partial charge in [-0.1, -0.05) is 24.3 Å². The Hall–Kier alpha value is -1.66. The molecule has 0 heterocycles. The topological polar surface area (TPSA) is 89.3 Å². The van der Waals surface area contributed by atoms with Crippen LogP contribution in [0.2, 0.25) is 0 Å². The van der Waals surface area contributed by atoms with E-state index in [1.54, 1.807) is 12.1 Å². The van der Waals surface area contributed by atoms with E-state index in [0.29, 0.717) is 0 Å². The summed E-state index contributed by atoms with van der Waals surface area (Å²) in [5.41, 5.74) is 0.849. The van der Waals surface area contributed by atoms with Gasteiger partial charge in [0.1, 0.15) is 0 Å². The third-order valence-electron chi connectivity index (χ3n) is 3.71. The zero-order chi connectivity index (χ0) is 15.5. The van der Waals surface area contributed by atoms with Crippen molar-refractivity contribution in [1.82, 2.24) is 5.32 Å². The lowest BCUT2D eigenvalue weighted by Crippen LogP contribution is -2.33. The number of hydrogen-bond acceptors (Lipinski definition) is 3. The average molecular weight is 308 g/mol. The fourth-order valence-electron chi connectivity index (χ4n) is 2.39. The van der Waals surface area contributed by atoms with Gasteiger partial charge >= 0.3 is 0 Å². The van der Waals surface area contributed by atoms with Crippen LogP contribution in [0, 0.1) is 5.92 Å². The molecule has 3 N–H and O–H groups in total. The van der Waals surface area contributed by atoms with Crippen molar-refractivity contribution in [1.29, 1.82) is 0 Å². The van der Waals surface area contributed by atoms with Gasteiger partial charge < -0.3 is 5.32 Å². The lowest BCUT2D eigenvalue weighted by atomic mass is 9.93. The van der Waals surface area contributed by atoms with E-state index in [-0.39, 0.29) is 22.8 Å². The number of primary sulfonamides is 1. The summed E-state index contributed by atoms with van der Waals surface area (Å²) in [6.45, 7) is 1.88. The molecule has 6 heteroatoms. The van der Waals surface area contributed by atoms with Gasteiger partial charge in [-0.25, -0.2) is 13.6 Å². The van der Waals surface area contributed by atoms with E-state index in [1.807, 2.05) is 13.0 Å². The number of carbonyl (C=O) groups is 1. The molecular weight excluding hydrogens is 288 g/mol. The smallest absolute Gasteiger partial charge is 0.238 e. The van der Waals surface area contributed by atoms with Gasteiger partial charge in [-0.05, 0) is 43.9 Å². The zero-order valence-electron chi connectivity index (χ0n) is 12.0. The maximum atomic E-state index is 12.1. The van der Waals surface area contributed by atoms with Crippen LogP contribution in [0.3, 0.4) is 0 Å². The fraction of sp³-hybridized carbons (Fsp3) is 0.400. The summed E-state index contributed by atoms with van der Waals surface area (Å²) < 4.78 is 22.4. The number of sulfonamides is 1. The number of nitrogens with two attached hydrogens (primary N) is 1. The molecule has 0 spiro atoms. The van der Waals surface area contributed by atoms with Crippen molar-refractivity contribution in [2.24, 2.45) is 11.1 Å². The van der Waals surface area contributed by atoms with E-state index in [9.17, 15) is 13.2 Å². The van der Waals surface area contributed by atoms with Gasteiger partial charge in [0.05, 0.1) is 10.9 Å². The minimum atomic E-state index is -3.68. The molecule has 0 unspecified atom stereocenters. The normalized spacial score (nSPS) is 20.0. The highest BCUT2D eigenvalue weighted by atomic mass is 32.2. The molecule has 114 valence electrons. The van der Waals surface area contributed by atoms with Crippen molar-refractivity contribution in [2.45, 2.75) is 37.1 Å². The summed E-state index contributed by atoms with van der Waals surface area (Å²) in [6, 6.07) is 6.09.